The van der Waals surface area contributed by atoms with E-state index in [1.54, 1.807) is 0 Å². The van der Waals surface area contributed by atoms with Crippen LogP contribution in [0.25, 0.3) is 10.9 Å². The van der Waals surface area contributed by atoms with Gasteiger partial charge in [0.05, 0.1) is 17.1 Å². The van der Waals surface area contributed by atoms with Gasteiger partial charge in [0.15, 0.2) is 6.23 Å². The quantitative estimate of drug-likeness (QED) is 0.529. The van der Waals surface area contributed by atoms with Crippen LogP contribution in [0.2, 0.25) is 0 Å². The van der Waals surface area contributed by atoms with E-state index in [1.165, 1.54) is 0 Å². The first kappa shape index (κ1) is 25.3. The summed E-state index contributed by atoms with van der Waals surface area (Å²) < 4.78 is 21.3. The Morgan fingerprint density at radius 2 is 2.09 bits per heavy atom. The Morgan fingerprint density at radius 1 is 1.32 bits per heavy atom. The maximum atomic E-state index is 12.5. The van der Waals surface area contributed by atoms with E-state index in [0.717, 1.165) is 53.5 Å². The zero-order valence-corrected chi connectivity index (χ0v) is 22.5. The molecular formula is C25H37BrN4O4. The van der Waals surface area contributed by atoms with Crippen LogP contribution >= 0.6 is 15.9 Å². The molecule has 1 atom stereocenters. The smallest absolute Gasteiger partial charge is 0.407 e. The van der Waals surface area contributed by atoms with Crippen molar-refractivity contribution in [3.8, 4) is 5.75 Å². The van der Waals surface area contributed by atoms with Crippen LogP contribution in [0.1, 0.15) is 59.1 Å². The fraction of sp³-hybridized carbons (Fsp3) is 0.680. The Morgan fingerprint density at radius 3 is 2.74 bits per heavy atom. The first-order valence-corrected chi connectivity index (χ1v) is 12.9. The van der Waals surface area contributed by atoms with Gasteiger partial charge in [-0.25, -0.2) is 9.48 Å². The van der Waals surface area contributed by atoms with Crippen molar-refractivity contribution in [3.63, 3.8) is 0 Å². The minimum absolute atomic E-state index is 0.0370. The van der Waals surface area contributed by atoms with Crippen LogP contribution in [-0.2, 0) is 9.47 Å². The molecule has 2 aromatic rings. The molecule has 0 spiro atoms. The van der Waals surface area contributed by atoms with Gasteiger partial charge in [-0.3, -0.25) is 0 Å². The summed E-state index contributed by atoms with van der Waals surface area (Å²) >= 11 is 3.63. The lowest BCUT2D eigenvalue weighted by atomic mass is 9.62. The number of carbonyl (C=O) groups excluding carboxylic acids is 1. The lowest BCUT2D eigenvalue weighted by molar-refractivity contribution is -0.166. The standard InChI is InChI=1S/C25H37BrN4O4/c1-24(2,3)25(34-23(31)27-9-10-29(4)5)14-18(15-25)33-21-13-17(26)12-20-19(21)16-28-30(20)22-8-6-7-11-32-22/h12-13,16,18,22H,6-11,14-15H2,1-5H3,(H,27,31). The molecule has 2 fully saturated rings. The summed E-state index contributed by atoms with van der Waals surface area (Å²) in [7, 11) is 3.95. The van der Waals surface area contributed by atoms with E-state index in [-0.39, 0.29) is 23.8 Å². The molecule has 0 bridgehead atoms. The molecule has 9 heteroatoms. The lowest BCUT2D eigenvalue weighted by Gasteiger charge is -2.53. The van der Waals surface area contributed by atoms with Crippen molar-refractivity contribution in [1.29, 1.82) is 0 Å². The molecule has 1 N–H and O–H groups in total. The normalized spacial score (nSPS) is 25.3. The third kappa shape index (κ3) is 5.36. The Hall–Kier alpha value is -1.84. The highest BCUT2D eigenvalue weighted by atomic mass is 79.9. The van der Waals surface area contributed by atoms with Gasteiger partial charge < -0.3 is 24.4 Å². The average molecular weight is 537 g/mol. The number of amides is 1. The lowest BCUT2D eigenvalue weighted by Crippen LogP contribution is -2.61. The average Bonchev–Trinajstić information content (AvgIpc) is 3.15. The van der Waals surface area contributed by atoms with Crippen LogP contribution in [0.3, 0.4) is 0 Å². The minimum Gasteiger partial charge on any atom is -0.489 e. The minimum atomic E-state index is -0.564. The molecule has 1 saturated carbocycles. The fourth-order valence-electron chi connectivity index (χ4n) is 4.71. The van der Waals surface area contributed by atoms with Gasteiger partial charge in [-0.2, -0.15) is 5.10 Å². The SMILES string of the molecule is CN(C)CCNC(=O)OC1(C(C)(C)C)CC(Oc2cc(Br)cc3c2cnn3C2CCCCO2)C1. The van der Waals surface area contributed by atoms with Crippen molar-refractivity contribution in [2.24, 2.45) is 5.41 Å². The van der Waals surface area contributed by atoms with Gasteiger partial charge in [0.2, 0.25) is 0 Å². The predicted octanol–water partition coefficient (Wildman–Crippen LogP) is 5.11. The number of fused-ring (bicyclic) bond motifs is 1. The van der Waals surface area contributed by atoms with E-state index < -0.39 is 5.60 Å². The maximum Gasteiger partial charge on any atom is 0.407 e. The molecule has 1 aromatic heterocycles. The van der Waals surface area contributed by atoms with Crippen molar-refractivity contribution in [3.05, 3.63) is 22.8 Å². The number of benzene rings is 1. The number of rotatable bonds is 7. The second-order valence-electron chi connectivity index (χ2n) is 10.8. The number of halogens is 1. The Balaban J connectivity index is 1.46. The van der Waals surface area contributed by atoms with Crippen LogP contribution in [-0.4, -0.2) is 66.3 Å². The molecule has 8 nitrogen and oxygen atoms in total. The highest BCUT2D eigenvalue weighted by molar-refractivity contribution is 9.10. The highest BCUT2D eigenvalue weighted by Gasteiger charge is 2.56. The summed E-state index contributed by atoms with van der Waals surface area (Å²) in [5.74, 6) is 0.786. The van der Waals surface area contributed by atoms with Gasteiger partial charge in [-0.05, 0) is 45.5 Å². The molecule has 1 aliphatic carbocycles. The molecule has 4 rings (SSSR count). The molecule has 188 valence electrons. The van der Waals surface area contributed by atoms with E-state index in [4.69, 9.17) is 14.2 Å². The fourth-order valence-corrected chi connectivity index (χ4v) is 5.13. The van der Waals surface area contributed by atoms with Gasteiger partial charge in [-0.1, -0.05) is 36.7 Å². The predicted molar refractivity (Wildman–Crippen MR) is 135 cm³/mol. The molecule has 2 heterocycles. The van der Waals surface area contributed by atoms with E-state index in [9.17, 15) is 4.79 Å². The number of ether oxygens (including phenoxy) is 3. The monoisotopic (exact) mass is 536 g/mol. The highest BCUT2D eigenvalue weighted by Crippen LogP contribution is 2.50. The van der Waals surface area contributed by atoms with E-state index in [2.05, 4.69) is 53.2 Å². The number of nitrogens with zero attached hydrogens (tertiary/aromatic N) is 3. The molecule has 1 saturated heterocycles. The number of hydrogen-bond acceptors (Lipinski definition) is 6. The van der Waals surface area contributed by atoms with Crippen molar-refractivity contribution in [1.82, 2.24) is 20.0 Å². The Kier molecular flexibility index (Phi) is 7.45. The largest absolute Gasteiger partial charge is 0.489 e. The summed E-state index contributed by atoms with van der Waals surface area (Å²) in [4.78, 5) is 14.5. The molecule has 1 aliphatic heterocycles. The van der Waals surface area contributed by atoms with Gasteiger partial charge >= 0.3 is 6.09 Å². The van der Waals surface area contributed by atoms with Gasteiger partial charge in [-0.15, -0.1) is 0 Å². The van der Waals surface area contributed by atoms with E-state index in [1.807, 2.05) is 35.9 Å². The Labute approximate surface area is 210 Å². The molecular weight excluding hydrogens is 500 g/mol. The van der Waals surface area contributed by atoms with Crippen molar-refractivity contribution >= 4 is 32.9 Å². The molecule has 34 heavy (non-hydrogen) atoms. The van der Waals surface area contributed by atoms with E-state index in [0.29, 0.717) is 19.4 Å². The summed E-state index contributed by atoms with van der Waals surface area (Å²) in [6, 6.07) is 4.05. The van der Waals surface area contributed by atoms with Crippen LogP contribution < -0.4 is 10.1 Å². The second kappa shape index (κ2) is 10.0. The van der Waals surface area contributed by atoms with Gasteiger partial charge in [0, 0.05) is 42.4 Å². The van der Waals surface area contributed by atoms with Crippen LogP contribution in [0.15, 0.2) is 22.8 Å². The van der Waals surface area contributed by atoms with E-state index >= 15 is 0 Å². The Bertz CT molecular complexity index is 1000. The second-order valence-corrected chi connectivity index (χ2v) is 11.7. The summed E-state index contributed by atoms with van der Waals surface area (Å²) in [6.45, 7) is 8.42. The topological polar surface area (TPSA) is 77.9 Å². The van der Waals surface area contributed by atoms with Crippen molar-refractivity contribution < 1.29 is 19.0 Å². The summed E-state index contributed by atoms with van der Waals surface area (Å²) in [5.41, 5.74) is 0.223. The number of likely N-dealkylation sites (N-methyl/N-ethyl adjacent to an activating group) is 1. The third-order valence-corrected chi connectivity index (χ3v) is 7.42. The van der Waals surface area contributed by atoms with Crippen LogP contribution in [0.5, 0.6) is 5.75 Å². The van der Waals surface area contributed by atoms with Gasteiger partial charge in [0.25, 0.3) is 0 Å². The first-order chi connectivity index (χ1) is 16.1. The molecule has 2 aliphatic rings. The first-order valence-electron chi connectivity index (χ1n) is 12.1. The molecule has 1 aromatic carbocycles. The van der Waals surface area contributed by atoms with Crippen molar-refractivity contribution in [2.75, 3.05) is 33.8 Å². The number of aromatic nitrogens is 2. The van der Waals surface area contributed by atoms with Gasteiger partial charge in [0.1, 0.15) is 17.5 Å². The zero-order valence-electron chi connectivity index (χ0n) is 20.9. The number of alkyl carbamates (subject to hydrolysis) is 1. The van der Waals surface area contributed by atoms with Crippen LogP contribution in [0, 0.1) is 5.41 Å². The summed E-state index contributed by atoms with van der Waals surface area (Å²) in [6.07, 6.45) is 5.91. The molecule has 1 amide bonds. The number of hydrogen-bond donors (Lipinski definition) is 1. The third-order valence-electron chi connectivity index (χ3n) is 6.96. The van der Waals surface area contributed by atoms with Crippen LogP contribution in [0.4, 0.5) is 4.79 Å². The summed E-state index contributed by atoms with van der Waals surface area (Å²) in [5, 5.41) is 8.46. The number of carbonyl (C=O) groups is 1. The maximum absolute atomic E-state index is 12.5. The zero-order chi connectivity index (χ0) is 24.5. The van der Waals surface area contributed by atoms with Crippen molar-refractivity contribution in [2.45, 2.75) is 70.8 Å². The number of nitrogens with one attached hydrogen (secondary N) is 1. The molecule has 0 radical (unpaired) electrons. The molecule has 1 unspecified atom stereocenters.